The molecule has 0 fully saturated rings. The maximum absolute atomic E-state index is 12.3. The van der Waals surface area contributed by atoms with E-state index < -0.39 is 10.0 Å². The molecule has 5 heteroatoms. The number of H-pyrrole nitrogens is 1. The van der Waals surface area contributed by atoms with Crippen LogP contribution in [0, 0.1) is 0 Å². The lowest BCUT2D eigenvalue weighted by Gasteiger charge is -2.13. The molecule has 2 N–H and O–H groups in total. The number of para-hydroxylation sites is 3. The maximum Gasteiger partial charge on any atom is 0.232 e. The Labute approximate surface area is 152 Å². The number of nitrogens with one attached hydrogen (secondary N) is 2. The summed E-state index contributed by atoms with van der Waals surface area (Å²) in [6.45, 7) is 1.86. The molecule has 1 heterocycles. The van der Waals surface area contributed by atoms with Gasteiger partial charge in [0.05, 0.1) is 17.0 Å². The van der Waals surface area contributed by atoms with Crippen LogP contribution >= 0.6 is 0 Å². The average Bonchev–Trinajstić information content (AvgIpc) is 3.01. The Kier molecular flexibility index (Phi) is 4.17. The van der Waals surface area contributed by atoms with Crippen LogP contribution in [0.2, 0.25) is 0 Å². The van der Waals surface area contributed by atoms with E-state index in [4.69, 9.17) is 0 Å². The highest BCUT2D eigenvalue weighted by molar-refractivity contribution is 7.92. The SMILES string of the molecule is CCCS(=O)(=O)Nc1ccccc1-c1cccc2c1[nH]c1ccccc12. The van der Waals surface area contributed by atoms with Crippen LogP contribution in [-0.4, -0.2) is 19.2 Å². The summed E-state index contributed by atoms with van der Waals surface area (Å²) >= 11 is 0. The standard InChI is InChI=1S/C21H20N2O2S/c1-2-14-26(24,25)23-20-13-6-4-9-16(20)18-11-7-10-17-15-8-3-5-12-19(15)22-21(17)18/h3-13,22-23H,2,14H2,1H3. The molecule has 0 spiro atoms. The van der Waals surface area contributed by atoms with Gasteiger partial charge in [-0.05, 0) is 18.6 Å². The van der Waals surface area contributed by atoms with Gasteiger partial charge in [0, 0.05) is 27.4 Å². The average molecular weight is 364 g/mol. The second-order valence-corrected chi connectivity index (χ2v) is 8.21. The number of aromatic amines is 1. The summed E-state index contributed by atoms with van der Waals surface area (Å²) in [5.74, 6) is 0.109. The fraction of sp³-hybridized carbons (Fsp3) is 0.143. The largest absolute Gasteiger partial charge is 0.354 e. The van der Waals surface area contributed by atoms with Crippen LogP contribution in [0.3, 0.4) is 0 Å². The molecule has 0 atom stereocenters. The summed E-state index contributed by atoms with van der Waals surface area (Å²) in [6.07, 6.45) is 0.578. The van der Waals surface area contributed by atoms with Gasteiger partial charge in [-0.1, -0.05) is 61.5 Å². The molecule has 0 saturated carbocycles. The van der Waals surface area contributed by atoms with Crippen LogP contribution in [0.15, 0.2) is 66.7 Å². The Morgan fingerprint density at radius 2 is 1.54 bits per heavy atom. The first-order valence-electron chi connectivity index (χ1n) is 8.68. The van der Waals surface area contributed by atoms with Crippen LogP contribution in [0.1, 0.15) is 13.3 Å². The first kappa shape index (κ1) is 16.7. The molecule has 4 nitrogen and oxygen atoms in total. The highest BCUT2D eigenvalue weighted by atomic mass is 32.2. The van der Waals surface area contributed by atoms with Crippen molar-refractivity contribution in [2.75, 3.05) is 10.5 Å². The van der Waals surface area contributed by atoms with E-state index in [9.17, 15) is 8.42 Å². The van der Waals surface area contributed by atoms with Crippen molar-refractivity contribution in [3.63, 3.8) is 0 Å². The van der Waals surface area contributed by atoms with Gasteiger partial charge in [0.1, 0.15) is 0 Å². The summed E-state index contributed by atoms with van der Waals surface area (Å²) < 4.78 is 27.3. The van der Waals surface area contributed by atoms with Crippen molar-refractivity contribution in [3.05, 3.63) is 66.7 Å². The summed E-state index contributed by atoms with van der Waals surface area (Å²) in [5, 5.41) is 2.29. The third-order valence-electron chi connectivity index (χ3n) is 4.50. The summed E-state index contributed by atoms with van der Waals surface area (Å²) in [4.78, 5) is 3.48. The van der Waals surface area contributed by atoms with Crippen molar-refractivity contribution in [1.82, 2.24) is 4.98 Å². The quantitative estimate of drug-likeness (QED) is 0.515. The highest BCUT2D eigenvalue weighted by Gasteiger charge is 2.15. The monoisotopic (exact) mass is 364 g/mol. The molecule has 0 aliphatic rings. The number of rotatable bonds is 5. The van der Waals surface area contributed by atoms with Gasteiger partial charge in [-0.3, -0.25) is 4.72 Å². The number of anilines is 1. The minimum absolute atomic E-state index is 0.109. The third kappa shape index (κ3) is 2.95. The van der Waals surface area contributed by atoms with Crippen LogP contribution in [-0.2, 0) is 10.0 Å². The number of benzene rings is 3. The second kappa shape index (κ2) is 6.50. The van der Waals surface area contributed by atoms with Gasteiger partial charge in [0.2, 0.25) is 10.0 Å². The normalized spacial score (nSPS) is 11.9. The van der Waals surface area contributed by atoms with E-state index in [-0.39, 0.29) is 5.75 Å². The fourth-order valence-electron chi connectivity index (χ4n) is 3.39. The lowest BCUT2D eigenvalue weighted by Crippen LogP contribution is -2.16. The van der Waals surface area contributed by atoms with Crippen molar-refractivity contribution >= 4 is 37.5 Å². The molecule has 1 aromatic heterocycles. The molecule has 0 aliphatic carbocycles. The smallest absolute Gasteiger partial charge is 0.232 e. The van der Waals surface area contributed by atoms with Crippen molar-refractivity contribution in [1.29, 1.82) is 0 Å². The van der Waals surface area contributed by atoms with E-state index in [1.165, 1.54) is 0 Å². The fourth-order valence-corrected chi connectivity index (χ4v) is 4.54. The number of sulfonamides is 1. The van der Waals surface area contributed by atoms with Gasteiger partial charge in [0.15, 0.2) is 0 Å². The van der Waals surface area contributed by atoms with Gasteiger partial charge >= 0.3 is 0 Å². The molecular formula is C21H20N2O2S. The van der Waals surface area contributed by atoms with E-state index in [2.05, 4.69) is 27.9 Å². The molecular weight excluding hydrogens is 344 g/mol. The third-order valence-corrected chi connectivity index (χ3v) is 5.97. The lowest BCUT2D eigenvalue weighted by atomic mass is 10.0. The Morgan fingerprint density at radius 1 is 0.846 bits per heavy atom. The van der Waals surface area contributed by atoms with E-state index >= 15 is 0 Å². The van der Waals surface area contributed by atoms with Crippen molar-refractivity contribution in [3.8, 4) is 11.1 Å². The van der Waals surface area contributed by atoms with Gasteiger partial charge in [-0.2, -0.15) is 0 Å². The Morgan fingerprint density at radius 3 is 2.38 bits per heavy atom. The summed E-state index contributed by atoms with van der Waals surface area (Å²) in [5.41, 5.74) is 4.53. The number of hydrogen-bond donors (Lipinski definition) is 2. The molecule has 132 valence electrons. The van der Waals surface area contributed by atoms with Crippen LogP contribution in [0.25, 0.3) is 32.9 Å². The first-order valence-corrected chi connectivity index (χ1v) is 10.3. The van der Waals surface area contributed by atoms with E-state index in [0.717, 1.165) is 32.9 Å². The predicted octanol–water partition coefficient (Wildman–Crippen LogP) is 5.14. The molecule has 0 radical (unpaired) electrons. The summed E-state index contributed by atoms with van der Waals surface area (Å²) in [7, 11) is -3.35. The van der Waals surface area contributed by atoms with Crippen LogP contribution < -0.4 is 4.72 Å². The van der Waals surface area contributed by atoms with Crippen molar-refractivity contribution in [2.24, 2.45) is 0 Å². The first-order chi connectivity index (χ1) is 12.6. The molecule has 3 aromatic carbocycles. The number of aromatic nitrogens is 1. The molecule has 0 amide bonds. The maximum atomic E-state index is 12.3. The van der Waals surface area contributed by atoms with Crippen LogP contribution in [0.4, 0.5) is 5.69 Å². The zero-order valence-corrected chi connectivity index (χ0v) is 15.3. The van der Waals surface area contributed by atoms with Gasteiger partial charge in [-0.15, -0.1) is 0 Å². The number of hydrogen-bond acceptors (Lipinski definition) is 2. The molecule has 4 rings (SSSR count). The van der Waals surface area contributed by atoms with Crippen molar-refractivity contribution in [2.45, 2.75) is 13.3 Å². The minimum atomic E-state index is -3.35. The zero-order chi connectivity index (χ0) is 18.1. The van der Waals surface area contributed by atoms with Gasteiger partial charge in [0.25, 0.3) is 0 Å². The Hall–Kier alpha value is -2.79. The zero-order valence-electron chi connectivity index (χ0n) is 14.5. The van der Waals surface area contributed by atoms with Gasteiger partial charge < -0.3 is 4.98 Å². The van der Waals surface area contributed by atoms with Gasteiger partial charge in [-0.25, -0.2) is 8.42 Å². The molecule has 26 heavy (non-hydrogen) atoms. The molecule has 4 aromatic rings. The Balaban J connectivity index is 1.91. The highest BCUT2D eigenvalue weighted by Crippen LogP contribution is 2.36. The minimum Gasteiger partial charge on any atom is -0.354 e. The molecule has 0 aliphatic heterocycles. The number of fused-ring (bicyclic) bond motifs is 3. The molecule has 0 unspecified atom stereocenters. The molecule has 0 saturated heterocycles. The lowest BCUT2D eigenvalue weighted by molar-refractivity contribution is 0.600. The van der Waals surface area contributed by atoms with E-state index in [1.54, 1.807) is 0 Å². The molecule has 0 bridgehead atoms. The topological polar surface area (TPSA) is 62.0 Å². The predicted molar refractivity (Wildman–Crippen MR) is 109 cm³/mol. The van der Waals surface area contributed by atoms with Crippen molar-refractivity contribution < 1.29 is 8.42 Å². The van der Waals surface area contributed by atoms with E-state index in [1.807, 2.05) is 55.5 Å². The summed E-state index contributed by atoms with van der Waals surface area (Å²) in [6, 6.07) is 21.8. The van der Waals surface area contributed by atoms with E-state index in [0.29, 0.717) is 12.1 Å². The van der Waals surface area contributed by atoms with Crippen LogP contribution in [0.5, 0.6) is 0 Å². The Bertz CT molecular complexity index is 1190. The second-order valence-electron chi connectivity index (χ2n) is 6.37.